The molecular weight excluding hydrogens is 565 g/mol. The lowest BCUT2D eigenvalue weighted by Crippen LogP contribution is -2.35. The summed E-state index contributed by atoms with van der Waals surface area (Å²) in [7, 11) is 0. The first-order valence-corrected chi connectivity index (χ1v) is 14.0. The van der Waals surface area contributed by atoms with Crippen molar-refractivity contribution in [2.75, 3.05) is 6.54 Å². The monoisotopic (exact) mass is 602 g/mol. The molecule has 0 saturated heterocycles. The minimum Gasteiger partial charge on any atom is -0.488 e. The Labute approximate surface area is 249 Å². The standard InChI is InChI=1S/C24H26N2O4S.C5H7F3.C3H4/c1-4-6-20-11-12-21(31-20)16-29-19-9-7-18(8-10-19)22(23-13-14-30-25-23)15-24(28)26(5-2)17(3)27;1-2-3-4-5(6,7)8;1-3-2/h4,6-14,22H,5,15-16H2,1-3H3;2-3H,4H2,1H3;1H,2H3/b6-4+;3-2-;. The Morgan fingerprint density at radius 3 is 2.29 bits per heavy atom. The van der Waals surface area contributed by atoms with Gasteiger partial charge in [-0.15, -0.1) is 23.7 Å². The number of thiophene rings is 1. The maximum absolute atomic E-state index is 12.7. The molecule has 10 heteroatoms. The molecule has 0 aliphatic carbocycles. The zero-order valence-electron chi connectivity index (χ0n) is 24.5. The number of carbonyl (C=O) groups is 2. The summed E-state index contributed by atoms with van der Waals surface area (Å²) in [5, 5.41) is 4.03. The average Bonchev–Trinajstić information content (AvgIpc) is 3.63. The van der Waals surface area contributed by atoms with Gasteiger partial charge >= 0.3 is 6.18 Å². The van der Waals surface area contributed by atoms with Gasteiger partial charge in [0.15, 0.2) is 0 Å². The van der Waals surface area contributed by atoms with E-state index in [1.54, 1.807) is 38.2 Å². The Kier molecular flexibility index (Phi) is 16.3. The lowest BCUT2D eigenvalue weighted by Gasteiger charge is -2.21. The van der Waals surface area contributed by atoms with E-state index in [2.05, 4.69) is 35.7 Å². The number of terminal acetylenes is 1. The van der Waals surface area contributed by atoms with Crippen molar-refractivity contribution in [2.45, 2.75) is 66.2 Å². The maximum Gasteiger partial charge on any atom is 0.392 e. The number of hydrogen-bond donors (Lipinski definition) is 0. The second-order valence-electron chi connectivity index (χ2n) is 8.68. The number of rotatable bonds is 10. The van der Waals surface area contributed by atoms with Gasteiger partial charge in [0.2, 0.25) is 11.8 Å². The van der Waals surface area contributed by atoms with Crippen molar-refractivity contribution in [2.24, 2.45) is 0 Å². The Morgan fingerprint density at radius 1 is 1.14 bits per heavy atom. The number of allylic oxidation sites excluding steroid dienone is 3. The van der Waals surface area contributed by atoms with E-state index in [9.17, 15) is 22.8 Å². The zero-order chi connectivity index (χ0) is 31.5. The van der Waals surface area contributed by atoms with Gasteiger partial charge in [-0.1, -0.05) is 35.5 Å². The predicted molar refractivity (Wildman–Crippen MR) is 161 cm³/mol. The molecule has 0 bridgehead atoms. The Bertz CT molecular complexity index is 1300. The van der Waals surface area contributed by atoms with Crippen molar-refractivity contribution < 1.29 is 32.0 Å². The first kappa shape index (κ1) is 35.9. The summed E-state index contributed by atoms with van der Waals surface area (Å²) in [6.07, 6.45) is 7.91. The summed E-state index contributed by atoms with van der Waals surface area (Å²) in [6.45, 7) is 9.23. The number of nitrogens with zero attached hydrogens (tertiary/aromatic N) is 2. The molecule has 1 aromatic carbocycles. The van der Waals surface area contributed by atoms with Gasteiger partial charge in [-0.2, -0.15) is 13.2 Å². The second kappa shape index (κ2) is 19.1. The van der Waals surface area contributed by atoms with Gasteiger partial charge in [0.25, 0.3) is 0 Å². The summed E-state index contributed by atoms with van der Waals surface area (Å²) in [6, 6.07) is 13.5. The van der Waals surface area contributed by atoms with E-state index >= 15 is 0 Å². The molecule has 2 aromatic heterocycles. The van der Waals surface area contributed by atoms with Gasteiger partial charge in [-0.25, -0.2) is 0 Å². The number of amides is 2. The van der Waals surface area contributed by atoms with Crippen LogP contribution in [0.5, 0.6) is 5.75 Å². The Balaban J connectivity index is 0.000000684. The highest BCUT2D eigenvalue weighted by atomic mass is 32.1. The van der Waals surface area contributed by atoms with E-state index in [4.69, 9.17) is 9.26 Å². The number of carbonyl (C=O) groups excluding carboxylic acids is 2. The highest BCUT2D eigenvalue weighted by Gasteiger charge is 2.25. The Hall–Kier alpha value is -4.10. The molecule has 1 unspecified atom stereocenters. The molecule has 1 atom stereocenters. The lowest BCUT2D eigenvalue weighted by atomic mass is 9.92. The molecule has 0 radical (unpaired) electrons. The van der Waals surface area contributed by atoms with E-state index < -0.39 is 12.6 Å². The van der Waals surface area contributed by atoms with Crippen LogP contribution in [0.1, 0.15) is 74.4 Å². The van der Waals surface area contributed by atoms with Crippen LogP contribution in [0.15, 0.2) is 71.5 Å². The number of alkyl halides is 3. The smallest absolute Gasteiger partial charge is 0.392 e. The molecular formula is C32H37F3N2O4S. The van der Waals surface area contributed by atoms with Crippen LogP contribution in [0.2, 0.25) is 0 Å². The summed E-state index contributed by atoms with van der Waals surface area (Å²) < 4.78 is 44.5. The first-order valence-electron chi connectivity index (χ1n) is 13.2. The fraction of sp³-hybridized carbons (Fsp3) is 0.344. The lowest BCUT2D eigenvalue weighted by molar-refractivity contribution is -0.143. The molecule has 2 heterocycles. The average molecular weight is 603 g/mol. The van der Waals surface area contributed by atoms with Crippen LogP contribution in [0.4, 0.5) is 13.2 Å². The third-order valence-electron chi connectivity index (χ3n) is 5.45. The van der Waals surface area contributed by atoms with Gasteiger partial charge in [0.05, 0.1) is 12.1 Å². The highest BCUT2D eigenvalue weighted by molar-refractivity contribution is 7.12. The predicted octanol–water partition coefficient (Wildman–Crippen LogP) is 8.42. The molecule has 3 rings (SSSR count). The van der Waals surface area contributed by atoms with Crippen LogP contribution in [0, 0.1) is 12.3 Å². The van der Waals surface area contributed by atoms with Crippen molar-refractivity contribution in [3.63, 3.8) is 0 Å². The number of halogens is 3. The number of hydrogen-bond acceptors (Lipinski definition) is 6. The van der Waals surface area contributed by atoms with Gasteiger partial charge in [0.1, 0.15) is 18.6 Å². The summed E-state index contributed by atoms with van der Waals surface area (Å²) in [5.41, 5.74) is 1.55. The van der Waals surface area contributed by atoms with E-state index in [1.807, 2.05) is 37.3 Å². The molecule has 0 spiro atoms. The number of benzene rings is 1. The summed E-state index contributed by atoms with van der Waals surface area (Å²) >= 11 is 1.70. The van der Waals surface area contributed by atoms with Crippen LogP contribution >= 0.6 is 11.3 Å². The first-order chi connectivity index (χ1) is 20.0. The van der Waals surface area contributed by atoms with Crippen molar-refractivity contribution in [3.05, 3.63) is 88.0 Å². The van der Waals surface area contributed by atoms with Gasteiger partial charge in [-0.05, 0) is 63.6 Å². The molecule has 6 nitrogen and oxygen atoms in total. The minimum absolute atomic E-state index is 0.128. The third-order valence-corrected chi connectivity index (χ3v) is 6.48. The van der Waals surface area contributed by atoms with Gasteiger partial charge < -0.3 is 9.26 Å². The number of aromatic nitrogens is 1. The normalized spacial score (nSPS) is 11.6. The second-order valence-corrected chi connectivity index (χ2v) is 9.88. The zero-order valence-corrected chi connectivity index (χ0v) is 25.3. The molecule has 0 aliphatic heterocycles. The van der Waals surface area contributed by atoms with E-state index in [1.165, 1.54) is 29.0 Å². The Morgan fingerprint density at radius 2 is 1.81 bits per heavy atom. The summed E-state index contributed by atoms with van der Waals surface area (Å²) in [5.74, 6) is 2.18. The SMILES string of the molecule is C#CC.C/C=C/c1ccc(COc2ccc(C(CC(=O)N(CC)C(C)=O)c3ccon3)cc2)s1.C/C=C\CC(F)(F)F. The van der Waals surface area contributed by atoms with Gasteiger partial charge in [-0.3, -0.25) is 14.5 Å². The van der Waals surface area contributed by atoms with Gasteiger partial charge in [0, 0.05) is 41.6 Å². The topological polar surface area (TPSA) is 72.6 Å². The molecule has 0 N–H and O–H groups in total. The van der Waals surface area contributed by atoms with E-state index in [-0.39, 0.29) is 24.2 Å². The molecule has 2 amide bonds. The largest absolute Gasteiger partial charge is 0.488 e. The van der Waals surface area contributed by atoms with Crippen molar-refractivity contribution in [1.82, 2.24) is 10.1 Å². The van der Waals surface area contributed by atoms with Crippen molar-refractivity contribution >= 4 is 29.2 Å². The van der Waals surface area contributed by atoms with Crippen LogP contribution in [-0.2, 0) is 16.2 Å². The summed E-state index contributed by atoms with van der Waals surface area (Å²) in [4.78, 5) is 28.0. The fourth-order valence-corrected chi connectivity index (χ4v) is 4.48. The number of imide groups is 1. The fourth-order valence-electron chi connectivity index (χ4n) is 3.58. The van der Waals surface area contributed by atoms with E-state index in [0.717, 1.165) is 22.3 Å². The molecule has 0 saturated carbocycles. The molecule has 42 heavy (non-hydrogen) atoms. The maximum atomic E-state index is 12.7. The molecule has 0 aliphatic rings. The van der Waals surface area contributed by atoms with Crippen molar-refractivity contribution in [1.29, 1.82) is 0 Å². The van der Waals surface area contributed by atoms with Crippen LogP contribution < -0.4 is 4.74 Å². The van der Waals surface area contributed by atoms with Crippen LogP contribution in [-0.4, -0.2) is 34.6 Å². The molecule has 226 valence electrons. The molecule has 3 aromatic rings. The number of ether oxygens (including phenoxy) is 1. The van der Waals surface area contributed by atoms with E-state index in [0.29, 0.717) is 18.8 Å². The van der Waals surface area contributed by atoms with Crippen LogP contribution in [0.25, 0.3) is 6.08 Å². The van der Waals surface area contributed by atoms with Crippen molar-refractivity contribution in [3.8, 4) is 18.1 Å². The minimum atomic E-state index is -4.04. The highest BCUT2D eigenvalue weighted by Crippen LogP contribution is 2.30. The van der Waals surface area contributed by atoms with Crippen LogP contribution in [0.3, 0.4) is 0 Å². The molecule has 0 fully saturated rings. The quantitative estimate of drug-likeness (QED) is 0.172. The third kappa shape index (κ3) is 13.5.